The maximum absolute atomic E-state index is 10.5. The third-order valence-corrected chi connectivity index (χ3v) is 1.56. The molecule has 0 radical (unpaired) electrons. The fraction of sp³-hybridized carbons (Fsp3) is 0.400. The summed E-state index contributed by atoms with van der Waals surface area (Å²) in [6.45, 7) is 1.97. The molecule has 0 unspecified atom stereocenters. The van der Waals surface area contributed by atoms with Crippen molar-refractivity contribution < 1.29 is 19.8 Å². The van der Waals surface area contributed by atoms with E-state index in [1.165, 1.54) is 0 Å². The quantitative estimate of drug-likeness (QED) is 0.504. The number of aliphatic carboxylic acids is 2. The summed E-state index contributed by atoms with van der Waals surface area (Å²) in [5, 5.41) is 17.0. The van der Waals surface area contributed by atoms with E-state index >= 15 is 0 Å². The van der Waals surface area contributed by atoms with Crippen molar-refractivity contribution in [2.75, 3.05) is 0 Å². The van der Waals surface area contributed by atoms with Crippen molar-refractivity contribution in [1.82, 2.24) is 0 Å². The monoisotopic (exact) mass is 198 g/mol. The summed E-state index contributed by atoms with van der Waals surface area (Å²) in [5.41, 5.74) is -0.0711. The largest absolute Gasteiger partial charge is 0.478 e. The van der Waals surface area contributed by atoms with Gasteiger partial charge < -0.3 is 10.2 Å². The van der Waals surface area contributed by atoms with Gasteiger partial charge in [-0.05, 0) is 19.3 Å². The maximum atomic E-state index is 10.5. The second kappa shape index (κ2) is 6.88. The van der Waals surface area contributed by atoms with Gasteiger partial charge in [0.1, 0.15) is 0 Å². The fourth-order valence-electron chi connectivity index (χ4n) is 0.913. The van der Waals surface area contributed by atoms with E-state index < -0.39 is 11.9 Å². The Balaban J connectivity index is 4.19. The Labute approximate surface area is 82.6 Å². The van der Waals surface area contributed by atoms with Gasteiger partial charge in [-0.15, -0.1) is 0 Å². The van der Waals surface area contributed by atoms with Crippen molar-refractivity contribution in [3.8, 4) is 0 Å². The first-order valence-electron chi connectivity index (χ1n) is 4.39. The van der Waals surface area contributed by atoms with E-state index in [2.05, 4.69) is 0 Å². The van der Waals surface area contributed by atoms with E-state index in [-0.39, 0.29) is 12.0 Å². The van der Waals surface area contributed by atoms with E-state index in [4.69, 9.17) is 10.2 Å². The lowest BCUT2D eigenvalue weighted by atomic mass is 10.1. The first-order chi connectivity index (χ1) is 6.57. The molecular formula is C10H14O4. The Morgan fingerprint density at radius 2 is 1.86 bits per heavy atom. The summed E-state index contributed by atoms with van der Waals surface area (Å²) in [5.74, 6) is -2.39. The maximum Gasteiger partial charge on any atom is 0.331 e. The zero-order valence-electron chi connectivity index (χ0n) is 8.06. The fourth-order valence-corrected chi connectivity index (χ4v) is 0.913. The van der Waals surface area contributed by atoms with Crippen molar-refractivity contribution in [3.63, 3.8) is 0 Å². The van der Waals surface area contributed by atoms with Crippen molar-refractivity contribution in [1.29, 1.82) is 0 Å². The Morgan fingerprint density at radius 1 is 1.21 bits per heavy atom. The Bertz CT molecular complexity index is 263. The van der Waals surface area contributed by atoms with Crippen molar-refractivity contribution in [3.05, 3.63) is 23.8 Å². The van der Waals surface area contributed by atoms with Crippen LogP contribution in [0, 0.1) is 0 Å². The molecule has 0 saturated carbocycles. The van der Waals surface area contributed by atoms with Gasteiger partial charge >= 0.3 is 11.9 Å². The topological polar surface area (TPSA) is 74.6 Å². The van der Waals surface area contributed by atoms with E-state index in [1.807, 2.05) is 19.1 Å². The Kier molecular flexibility index (Phi) is 6.11. The van der Waals surface area contributed by atoms with Gasteiger partial charge in [-0.3, -0.25) is 0 Å². The molecule has 0 amide bonds. The van der Waals surface area contributed by atoms with Crippen LogP contribution in [-0.2, 0) is 9.59 Å². The number of hydrogen-bond acceptors (Lipinski definition) is 2. The van der Waals surface area contributed by atoms with Crippen molar-refractivity contribution >= 4 is 11.9 Å². The van der Waals surface area contributed by atoms with Gasteiger partial charge in [0.05, 0.1) is 0 Å². The molecule has 0 aliphatic heterocycles. The molecule has 4 heteroatoms. The van der Waals surface area contributed by atoms with E-state index in [9.17, 15) is 9.59 Å². The molecule has 78 valence electrons. The van der Waals surface area contributed by atoms with Crippen LogP contribution in [0.2, 0.25) is 0 Å². The molecule has 0 fully saturated rings. The van der Waals surface area contributed by atoms with Gasteiger partial charge in [0.25, 0.3) is 0 Å². The average molecular weight is 198 g/mol. The van der Waals surface area contributed by atoms with E-state index in [0.29, 0.717) is 6.42 Å². The summed E-state index contributed by atoms with van der Waals surface area (Å²) in [7, 11) is 0. The highest BCUT2D eigenvalue weighted by molar-refractivity contribution is 5.94. The zero-order chi connectivity index (χ0) is 11.0. The second-order valence-corrected chi connectivity index (χ2v) is 2.73. The average Bonchev–Trinajstić information content (AvgIpc) is 2.09. The molecule has 0 saturated heterocycles. The minimum atomic E-state index is -1.22. The van der Waals surface area contributed by atoms with E-state index in [1.54, 1.807) is 0 Å². The lowest BCUT2D eigenvalue weighted by molar-refractivity contribution is -0.135. The van der Waals surface area contributed by atoms with Crippen LogP contribution in [0.4, 0.5) is 0 Å². The van der Waals surface area contributed by atoms with Gasteiger partial charge in [0.15, 0.2) is 0 Å². The first kappa shape index (κ1) is 12.4. The Hall–Kier alpha value is -1.58. The molecule has 0 aromatic heterocycles. The predicted molar refractivity (Wildman–Crippen MR) is 52.0 cm³/mol. The molecular weight excluding hydrogens is 184 g/mol. The zero-order valence-corrected chi connectivity index (χ0v) is 8.06. The molecule has 0 aromatic carbocycles. The molecule has 0 aliphatic carbocycles. The third kappa shape index (κ3) is 5.99. The minimum absolute atomic E-state index is 0.0711. The molecule has 0 heterocycles. The SMILES string of the molecule is CCC=CCCC(=CC(=O)O)C(=O)O. The summed E-state index contributed by atoms with van der Waals surface area (Å²) in [6, 6.07) is 0. The normalized spacial score (nSPS) is 11.9. The lowest BCUT2D eigenvalue weighted by Crippen LogP contribution is -2.03. The highest BCUT2D eigenvalue weighted by atomic mass is 16.4. The molecule has 0 atom stereocenters. The molecule has 0 rings (SSSR count). The molecule has 0 spiro atoms. The van der Waals surface area contributed by atoms with Crippen LogP contribution in [0.5, 0.6) is 0 Å². The molecule has 0 aromatic rings. The second-order valence-electron chi connectivity index (χ2n) is 2.73. The minimum Gasteiger partial charge on any atom is -0.478 e. The van der Waals surface area contributed by atoms with Crippen LogP contribution in [0.15, 0.2) is 23.8 Å². The Morgan fingerprint density at radius 3 is 2.29 bits per heavy atom. The van der Waals surface area contributed by atoms with Crippen LogP contribution < -0.4 is 0 Å². The van der Waals surface area contributed by atoms with Gasteiger partial charge in [-0.25, -0.2) is 9.59 Å². The molecule has 14 heavy (non-hydrogen) atoms. The van der Waals surface area contributed by atoms with Crippen molar-refractivity contribution in [2.45, 2.75) is 26.2 Å². The highest BCUT2D eigenvalue weighted by Gasteiger charge is 2.07. The highest BCUT2D eigenvalue weighted by Crippen LogP contribution is 2.06. The third-order valence-electron chi connectivity index (χ3n) is 1.56. The number of carboxylic acids is 2. The van der Waals surface area contributed by atoms with Crippen LogP contribution in [0.25, 0.3) is 0 Å². The smallest absolute Gasteiger partial charge is 0.331 e. The number of carboxylic acid groups (broad SMARTS) is 2. The van der Waals surface area contributed by atoms with E-state index in [0.717, 1.165) is 12.5 Å². The van der Waals surface area contributed by atoms with Gasteiger partial charge in [-0.1, -0.05) is 19.1 Å². The summed E-state index contributed by atoms with van der Waals surface area (Å²) >= 11 is 0. The summed E-state index contributed by atoms with van der Waals surface area (Å²) < 4.78 is 0. The van der Waals surface area contributed by atoms with Gasteiger partial charge in [0.2, 0.25) is 0 Å². The number of allylic oxidation sites excluding steroid dienone is 2. The standard InChI is InChI=1S/C10H14O4/c1-2-3-4-5-6-8(10(13)14)7-9(11)12/h3-4,7H,2,5-6H2,1H3,(H,11,12)(H,13,14). The van der Waals surface area contributed by atoms with Crippen LogP contribution in [0.1, 0.15) is 26.2 Å². The van der Waals surface area contributed by atoms with Gasteiger partial charge in [-0.2, -0.15) is 0 Å². The van der Waals surface area contributed by atoms with Gasteiger partial charge in [0, 0.05) is 11.6 Å². The number of hydrogen-bond donors (Lipinski definition) is 2. The predicted octanol–water partition coefficient (Wildman–Crippen LogP) is 1.83. The summed E-state index contributed by atoms with van der Waals surface area (Å²) in [4.78, 5) is 20.8. The first-order valence-corrected chi connectivity index (χ1v) is 4.39. The molecule has 4 nitrogen and oxygen atoms in total. The molecule has 0 bridgehead atoms. The van der Waals surface area contributed by atoms with Crippen molar-refractivity contribution in [2.24, 2.45) is 0 Å². The molecule has 2 N–H and O–H groups in total. The number of rotatable bonds is 6. The summed E-state index contributed by atoms with van der Waals surface area (Å²) in [6.07, 6.45) is 6.20. The van der Waals surface area contributed by atoms with Crippen LogP contribution >= 0.6 is 0 Å². The molecule has 0 aliphatic rings. The lowest BCUT2D eigenvalue weighted by Gasteiger charge is -1.97. The number of carbonyl (C=O) groups is 2. The van der Waals surface area contributed by atoms with Crippen LogP contribution in [-0.4, -0.2) is 22.2 Å². The van der Waals surface area contributed by atoms with Crippen LogP contribution in [0.3, 0.4) is 0 Å².